The maximum Gasteiger partial charge on any atom is 1.00 e. The molecule has 168 valence electrons. The molecule has 6 rings (SSSR count). The van der Waals surface area contributed by atoms with Crippen molar-refractivity contribution in [2.45, 2.75) is 12.0 Å². The molecule has 36 heavy (non-hydrogen) atoms. The number of hydrogen-bond acceptors (Lipinski definition) is 1. The number of aliphatic imine (C=N–C) groups is 1. The molecule has 0 spiro atoms. The van der Waals surface area contributed by atoms with Crippen molar-refractivity contribution in [3.8, 4) is 0 Å². The Bertz CT molecular complexity index is 1480. The molecule has 1 aliphatic heterocycles. The predicted molar refractivity (Wildman–Crippen MR) is 145 cm³/mol. The van der Waals surface area contributed by atoms with E-state index in [2.05, 4.69) is 133 Å². The maximum absolute atomic E-state index is 5.63. The molecule has 0 N–H and O–H groups in total. The number of nitrogens with zero attached hydrogens (tertiary/aromatic N) is 2. The molecule has 0 saturated heterocycles. The van der Waals surface area contributed by atoms with E-state index in [1.165, 1.54) is 5.56 Å². The Morgan fingerprint density at radius 2 is 1.17 bits per heavy atom. The molecule has 1 heterocycles. The van der Waals surface area contributed by atoms with Crippen molar-refractivity contribution < 1.29 is 18.9 Å². The molecule has 0 amide bonds. The zero-order chi connectivity index (χ0) is 23.5. The summed E-state index contributed by atoms with van der Waals surface area (Å²) >= 11 is 0. The SMILES string of the molecule is [Li+].c1ccc(CC2(c3ccccc3)[N-]c3ccccc3C(c3ccccc3)=Nc3ccccc32)cc1. The largest absolute Gasteiger partial charge is 1.00 e. The summed E-state index contributed by atoms with van der Waals surface area (Å²) < 4.78 is 0. The molecule has 2 nitrogen and oxygen atoms in total. The Balaban J connectivity index is 0.00000267. The van der Waals surface area contributed by atoms with Crippen LogP contribution in [0.3, 0.4) is 0 Å². The Morgan fingerprint density at radius 1 is 0.583 bits per heavy atom. The van der Waals surface area contributed by atoms with Crippen LogP contribution in [0.1, 0.15) is 27.8 Å². The molecule has 1 unspecified atom stereocenters. The first-order valence-electron chi connectivity index (χ1n) is 12.0. The Morgan fingerprint density at radius 3 is 1.92 bits per heavy atom. The Hall–Kier alpha value is -3.83. The standard InChI is InChI=1S/C33H25N2.Li/c1-4-14-25(15-5-1)24-33(27-18-8-3-9-19-27)29-21-11-13-23-31(29)34-32(26-16-6-2-7-17-26)28-20-10-12-22-30(28)35-33;/h1-23H,24H2;/q-1;+1. The molecule has 1 atom stereocenters. The summed E-state index contributed by atoms with van der Waals surface area (Å²) in [5, 5.41) is 5.63. The van der Waals surface area contributed by atoms with Gasteiger partial charge in [0, 0.05) is 5.56 Å². The first kappa shape index (κ1) is 23.9. The van der Waals surface area contributed by atoms with Gasteiger partial charge in [-0.05, 0) is 34.7 Å². The second-order valence-corrected chi connectivity index (χ2v) is 8.86. The van der Waals surface area contributed by atoms with Crippen LogP contribution in [0.2, 0.25) is 0 Å². The van der Waals surface area contributed by atoms with Gasteiger partial charge in [-0.15, -0.1) is 5.69 Å². The molecule has 0 fully saturated rings. The third-order valence-electron chi connectivity index (χ3n) is 6.65. The maximum atomic E-state index is 5.63. The molecule has 0 saturated carbocycles. The van der Waals surface area contributed by atoms with Gasteiger partial charge in [0.05, 0.1) is 11.4 Å². The fourth-order valence-corrected chi connectivity index (χ4v) is 5.02. The van der Waals surface area contributed by atoms with Crippen molar-refractivity contribution in [1.82, 2.24) is 0 Å². The monoisotopic (exact) mass is 456 g/mol. The minimum Gasteiger partial charge on any atom is -0.671 e. The molecule has 5 aromatic rings. The van der Waals surface area contributed by atoms with Crippen LogP contribution in [0.25, 0.3) is 5.32 Å². The fourth-order valence-electron chi connectivity index (χ4n) is 5.02. The summed E-state index contributed by atoms with van der Waals surface area (Å²) in [4.78, 5) is 5.33. The van der Waals surface area contributed by atoms with E-state index in [4.69, 9.17) is 10.3 Å². The molecule has 3 heteroatoms. The van der Waals surface area contributed by atoms with E-state index in [-0.39, 0.29) is 18.9 Å². The van der Waals surface area contributed by atoms with Gasteiger partial charge in [-0.25, -0.2) is 4.99 Å². The Kier molecular flexibility index (Phi) is 6.92. The van der Waals surface area contributed by atoms with E-state index in [0.717, 1.165) is 45.8 Å². The number of rotatable bonds is 4. The predicted octanol–water partition coefficient (Wildman–Crippen LogP) is 5.36. The van der Waals surface area contributed by atoms with Gasteiger partial charge in [0.1, 0.15) is 0 Å². The van der Waals surface area contributed by atoms with E-state index >= 15 is 0 Å². The zero-order valence-corrected chi connectivity index (χ0v) is 20.4. The first-order chi connectivity index (χ1) is 17.3. The minimum atomic E-state index is -0.624. The molecular weight excluding hydrogens is 431 g/mol. The molecule has 5 aromatic carbocycles. The van der Waals surface area contributed by atoms with Crippen molar-refractivity contribution >= 4 is 17.1 Å². The van der Waals surface area contributed by atoms with Crippen molar-refractivity contribution in [3.63, 3.8) is 0 Å². The Labute approximate surface area is 224 Å². The summed E-state index contributed by atoms with van der Waals surface area (Å²) in [7, 11) is 0. The van der Waals surface area contributed by atoms with E-state index in [1.54, 1.807) is 0 Å². The van der Waals surface area contributed by atoms with Crippen molar-refractivity contribution in [2.75, 3.05) is 0 Å². The quantitative estimate of drug-likeness (QED) is 0.325. The summed E-state index contributed by atoms with van der Waals surface area (Å²) in [6.45, 7) is 0. The average Bonchev–Trinajstić information content (AvgIpc) is 2.93. The average molecular weight is 457 g/mol. The van der Waals surface area contributed by atoms with Crippen LogP contribution < -0.4 is 18.9 Å². The van der Waals surface area contributed by atoms with Gasteiger partial charge in [0.2, 0.25) is 0 Å². The van der Waals surface area contributed by atoms with Crippen LogP contribution in [-0.2, 0) is 12.0 Å². The topological polar surface area (TPSA) is 26.5 Å². The molecule has 0 radical (unpaired) electrons. The van der Waals surface area contributed by atoms with Gasteiger partial charge in [0.15, 0.2) is 0 Å². The van der Waals surface area contributed by atoms with Crippen LogP contribution in [0.4, 0.5) is 11.4 Å². The molecular formula is C33H25LiN2. The van der Waals surface area contributed by atoms with Crippen molar-refractivity contribution in [1.29, 1.82) is 0 Å². The third-order valence-corrected chi connectivity index (χ3v) is 6.65. The molecule has 0 aromatic heterocycles. The van der Waals surface area contributed by atoms with Crippen LogP contribution in [-0.4, -0.2) is 5.71 Å². The van der Waals surface area contributed by atoms with Crippen LogP contribution in [0.5, 0.6) is 0 Å². The summed E-state index contributed by atoms with van der Waals surface area (Å²) in [6.07, 6.45) is 0.736. The molecule has 0 aliphatic carbocycles. The van der Waals surface area contributed by atoms with Crippen LogP contribution in [0, 0.1) is 0 Å². The van der Waals surface area contributed by atoms with Crippen LogP contribution in [0.15, 0.2) is 145 Å². The summed E-state index contributed by atoms with van der Waals surface area (Å²) in [6, 6.07) is 48.5. The van der Waals surface area contributed by atoms with Crippen LogP contribution >= 0.6 is 0 Å². The number of fused-ring (bicyclic) bond motifs is 2. The van der Waals surface area contributed by atoms with Gasteiger partial charge in [-0.1, -0.05) is 139 Å². The number of para-hydroxylation sites is 2. The zero-order valence-electron chi connectivity index (χ0n) is 20.4. The van der Waals surface area contributed by atoms with E-state index in [1.807, 2.05) is 6.07 Å². The normalized spacial score (nSPS) is 16.2. The minimum absolute atomic E-state index is 0. The van der Waals surface area contributed by atoms with E-state index in [0.29, 0.717) is 0 Å². The van der Waals surface area contributed by atoms with Gasteiger partial charge < -0.3 is 5.32 Å². The summed E-state index contributed by atoms with van der Waals surface area (Å²) in [5.41, 5.74) is 7.85. The molecule has 0 bridgehead atoms. The van der Waals surface area contributed by atoms with Gasteiger partial charge in [0.25, 0.3) is 0 Å². The fraction of sp³-hybridized carbons (Fsp3) is 0.0606. The second-order valence-electron chi connectivity index (χ2n) is 8.86. The van der Waals surface area contributed by atoms with E-state index < -0.39 is 5.54 Å². The van der Waals surface area contributed by atoms with E-state index in [9.17, 15) is 0 Å². The van der Waals surface area contributed by atoms with Gasteiger partial charge in [-0.3, -0.25) is 0 Å². The second kappa shape index (κ2) is 10.4. The first-order valence-corrected chi connectivity index (χ1v) is 12.0. The smallest absolute Gasteiger partial charge is 0.671 e. The summed E-state index contributed by atoms with van der Waals surface area (Å²) in [5.74, 6) is 0. The van der Waals surface area contributed by atoms with Gasteiger partial charge >= 0.3 is 18.9 Å². The number of benzene rings is 5. The number of hydrogen-bond donors (Lipinski definition) is 0. The van der Waals surface area contributed by atoms with Crippen molar-refractivity contribution in [3.05, 3.63) is 173 Å². The van der Waals surface area contributed by atoms with Crippen molar-refractivity contribution in [2.24, 2.45) is 4.99 Å². The third kappa shape index (κ3) is 4.42. The molecule has 1 aliphatic rings. The van der Waals surface area contributed by atoms with Gasteiger partial charge in [-0.2, -0.15) is 0 Å².